The van der Waals surface area contributed by atoms with E-state index < -0.39 is 5.97 Å². The number of carbonyl (C=O) groups excluding carboxylic acids is 1. The van der Waals surface area contributed by atoms with Crippen LogP contribution in [0.25, 0.3) is 0 Å². The Kier molecular flexibility index (Phi) is 3.70. The Bertz CT molecular complexity index is 552. The topological polar surface area (TPSA) is 92.4 Å². The molecule has 1 saturated carbocycles. The number of benzene rings is 1. The second kappa shape index (κ2) is 5.15. The summed E-state index contributed by atoms with van der Waals surface area (Å²) in [7, 11) is 0. The zero-order valence-electron chi connectivity index (χ0n) is 11.8. The Morgan fingerprint density at radius 2 is 2.10 bits per heavy atom. The van der Waals surface area contributed by atoms with Crippen molar-refractivity contribution in [3.05, 3.63) is 23.8 Å². The van der Waals surface area contributed by atoms with Gasteiger partial charge in [0, 0.05) is 11.6 Å². The summed E-state index contributed by atoms with van der Waals surface area (Å²) < 4.78 is 0. The van der Waals surface area contributed by atoms with Crippen LogP contribution in [0.5, 0.6) is 0 Å². The summed E-state index contributed by atoms with van der Waals surface area (Å²) in [5, 5.41) is 11.9. The van der Waals surface area contributed by atoms with Crippen LogP contribution in [-0.4, -0.2) is 17.0 Å². The Balaban J connectivity index is 2.24. The van der Waals surface area contributed by atoms with Gasteiger partial charge in [0.25, 0.3) is 0 Å². The van der Waals surface area contributed by atoms with E-state index in [-0.39, 0.29) is 28.5 Å². The monoisotopic (exact) mass is 276 g/mol. The van der Waals surface area contributed by atoms with Crippen molar-refractivity contribution in [2.45, 2.75) is 33.1 Å². The molecule has 4 N–H and O–H groups in total. The Hall–Kier alpha value is -2.04. The molecule has 1 aliphatic rings. The maximum absolute atomic E-state index is 12.4. The number of carboxylic acids is 1. The predicted octanol–water partition coefficient (Wildman–Crippen LogP) is 2.73. The van der Waals surface area contributed by atoms with Crippen molar-refractivity contribution in [1.29, 1.82) is 0 Å². The highest BCUT2D eigenvalue weighted by molar-refractivity contribution is 6.02. The van der Waals surface area contributed by atoms with E-state index in [2.05, 4.69) is 19.2 Å². The van der Waals surface area contributed by atoms with Crippen molar-refractivity contribution in [2.24, 2.45) is 11.3 Å². The molecule has 0 aromatic heterocycles. The van der Waals surface area contributed by atoms with Crippen LogP contribution in [-0.2, 0) is 4.79 Å². The molecule has 5 heteroatoms. The number of rotatable bonds is 3. The first-order chi connectivity index (χ1) is 9.31. The fourth-order valence-corrected chi connectivity index (χ4v) is 2.88. The van der Waals surface area contributed by atoms with E-state index in [1.54, 1.807) is 0 Å². The van der Waals surface area contributed by atoms with Gasteiger partial charge < -0.3 is 16.2 Å². The summed E-state index contributed by atoms with van der Waals surface area (Å²) in [6.07, 6.45) is 2.87. The van der Waals surface area contributed by atoms with Crippen molar-refractivity contribution >= 4 is 23.3 Å². The van der Waals surface area contributed by atoms with Crippen LogP contribution in [0.15, 0.2) is 18.2 Å². The summed E-state index contributed by atoms with van der Waals surface area (Å²) >= 11 is 0. The molecule has 5 nitrogen and oxygen atoms in total. The predicted molar refractivity (Wildman–Crippen MR) is 77.6 cm³/mol. The molecule has 1 aromatic rings. The van der Waals surface area contributed by atoms with E-state index in [0.29, 0.717) is 5.69 Å². The number of amides is 1. The first-order valence-electron chi connectivity index (χ1n) is 6.75. The number of hydrogen-bond donors (Lipinski definition) is 3. The highest BCUT2D eigenvalue weighted by Crippen LogP contribution is 2.43. The number of anilines is 2. The van der Waals surface area contributed by atoms with E-state index in [4.69, 9.17) is 10.8 Å². The van der Waals surface area contributed by atoms with Crippen molar-refractivity contribution in [3.63, 3.8) is 0 Å². The molecule has 0 aliphatic heterocycles. The average molecular weight is 276 g/mol. The third kappa shape index (κ3) is 2.76. The summed E-state index contributed by atoms with van der Waals surface area (Å²) in [5.41, 5.74) is 6.37. The Labute approximate surface area is 118 Å². The lowest BCUT2D eigenvalue weighted by Gasteiger charge is -2.26. The molecule has 0 saturated heterocycles. The van der Waals surface area contributed by atoms with Gasteiger partial charge in [0.2, 0.25) is 5.91 Å². The summed E-state index contributed by atoms with van der Waals surface area (Å²) in [4.78, 5) is 23.5. The Morgan fingerprint density at radius 1 is 1.40 bits per heavy atom. The molecule has 108 valence electrons. The second-order valence-corrected chi connectivity index (χ2v) is 6.03. The fraction of sp³-hybridized carbons (Fsp3) is 0.467. The first-order valence-corrected chi connectivity index (χ1v) is 6.75. The number of nitrogen functional groups attached to an aromatic ring is 1. The number of carbonyl (C=O) groups is 2. The molecule has 1 aliphatic carbocycles. The molecule has 1 aromatic carbocycles. The number of carboxylic acid groups (broad SMARTS) is 1. The van der Waals surface area contributed by atoms with Gasteiger partial charge in [0.1, 0.15) is 0 Å². The van der Waals surface area contributed by atoms with Gasteiger partial charge in [-0.2, -0.15) is 0 Å². The normalized spacial score (nSPS) is 20.6. The van der Waals surface area contributed by atoms with Crippen LogP contribution in [0.2, 0.25) is 0 Å². The molecule has 20 heavy (non-hydrogen) atoms. The van der Waals surface area contributed by atoms with Crippen molar-refractivity contribution < 1.29 is 14.7 Å². The maximum atomic E-state index is 12.4. The van der Waals surface area contributed by atoms with Crippen LogP contribution in [0.4, 0.5) is 11.4 Å². The minimum Gasteiger partial charge on any atom is -0.478 e. The lowest BCUT2D eigenvalue weighted by atomic mass is 9.81. The fourth-order valence-electron chi connectivity index (χ4n) is 2.88. The Morgan fingerprint density at radius 3 is 2.65 bits per heavy atom. The molecule has 2 rings (SSSR count). The second-order valence-electron chi connectivity index (χ2n) is 6.03. The zero-order valence-corrected chi connectivity index (χ0v) is 11.8. The van der Waals surface area contributed by atoms with Gasteiger partial charge in [-0.1, -0.05) is 20.3 Å². The number of aromatic carboxylic acids is 1. The van der Waals surface area contributed by atoms with Gasteiger partial charge >= 0.3 is 5.97 Å². The lowest BCUT2D eigenvalue weighted by molar-refractivity contribution is -0.122. The van der Waals surface area contributed by atoms with Gasteiger partial charge in [-0.3, -0.25) is 4.79 Å². The summed E-state index contributed by atoms with van der Waals surface area (Å²) in [6, 6.07) is 4.41. The summed E-state index contributed by atoms with van der Waals surface area (Å²) in [5.74, 6) is -1.29. The first kappa shape index (κ1) is 14.4. The van der Waals surface area contributed by atoms with Crippen LogP contribution < -0.4 is 11.1 Å². The zero-order chi connectivity index (χ0) is 14.9. The largest absolute Gasteiger partial charge is 0.478 e. The summed E-state index contributed by atoms with van der Waals surface area (Å²) in [6.45, 7) is 4.14. The van der Waals surface area contributed by atoms with Gasteiger partial charge in [0.15, 0.2) is 0 Å². The minimum absolute atomic E-state index is 0.0478. The van der Waals surface area contributed by atoms with E-state index in [9.17, 15) is 9.59 Å². The highest BCUT2D eigenvalue weighted by Gasteiger charge is 2.39. The van der Waals surface area contributed by atoms with Crippen LogP contribution in [0.1, 0.15) is 43.5 Å². The standard InChI is InChI=1S/C15H20N2O3/c1-15(2)7-3-4-11(15)13(18)17-12-8-9(16)5-6-10(12)14(19)20/h5-6,8,11H,3-4,7,16H2,1-2H3,(H,17,18)(H,19,20). The minimum atomic E-state index is -1.08. The molecule has 0 heterocycles. The molecule has 0 bridgehead atoms. The van der Waals surface area contributed by atoms with Crippen molar-refractivity contribution in [3.8, 4) is 0 Å². The average Bonchev–Trinajstić information content (AvgIpc) is 2.68. The smallest absolute Gasteiger partial charge is 0.337 e. The van der Waals surface area contributed by atoms with E-state index in [1.807, 2.05) is 0 Å². The van der Waals surface area contributed by atoms with E-state index in [1.165, 1.54) is 18.2 Å². The number of nitrogens with two attached hydrogens (primary N) is 1. The van der Waals surface area contributed by atoms with Gasteiger partial charge in [-0.05, 0) is 36.5 Å². The lowest BCUT2D eigenvalue weighted by Crippen LogP contribution is -2.31. The van der Waals surface area contributed by atoms with Crippen molar-refractivity contribution in [2.75, 3.05) is 11.1 Å². The maximum Gasteiger partial charge on any atom is 0.337 e. The van der Waals surface area contributed by atoms with E-state index in [0.717, 1.165) is 19.3 Å². The van der Waals surface area contributed by atoms with Crippen LogP contribution in [0.3, 0.4) is 0 Å². The van der Waals surface area contributed by atoms with Gasteiger partial charge in [-0.15, -0.1) is 0 Å². The van der Waals surface area contributed by atoms with Crippen LogP contribution >= 0.6 is 0 Å². The third-order valence-corrected chi connectivity index (χ3v) is 4.11. The van der Waals surface area contributed by atoms with Crippen molar-refractivity contribution in [1.82, 2.24) is 0 Å². The molecular formula is C15H20N2O3. The van der Waals surface area contributed by atoms with Crippen LogP contribution in [0, 0.1) is 11.3 Å². The highest BCUT2D eigenvalue weighted by atomic mass is 16.4. The van der Waals surface area contributed by atoms with E-state index >= 15 is 0 Å². The molecule has 1 amide bonds. The third-order valence-electron chi connectivity index (χ3n) is 4.11. The molecule has 0 radical (unpaired) electrons. The number of nitrogens with one attached hydrogen (secondary N) is 1. The molecule has 1 fully saturated rings. The number of hydrogen-bond acceptors (Lipinski definition) is 3. The quantitative estimate of drug-likeness (QED) is 0.740. The SMILES string of the molecule is CC1(C)CCCC1C(=O)Nc1cc(N)ccc1C(=O)O. The molecular weight excluding hydrogens is 256 g/mol. The van der Waals surface area contributed by atoms with Gasteiger partial charge in [-0.25, -0.2) is 4.79 Å². The van der Waals surface area contributed by atoms with Gasteiger partial charge in [0.05, 0.1) is 11.3 Å². The molecule has 1 atom stereocenters. The molecule has 0 spiro atoms. The molecule has 1 unspecified atom stereocenters.